The topological polar surface area (TPSA) is 115 Å². The zero-order valence-electron chi connectivity index (χ0n) is 27.5. The van der Waals surface area contributed by atoms with Gasteiger partial charge < -0.3 is 26.4 Å². The van der Waals surface area contributed by atoms with Gasteiger partial charge >= 0.3 is 0 Å². The summed E-state index contributed by atoms with van der Waals surface area (Å²) >= 11 is 0. The van der Waals surface area contributed by atoms with E-state index in [2.05, 4.69) is 27.2 Å². The normalized spacial score (nSPS) is 24.5. The number of rotatable bonds is 16. The largest absolute Gasteiger partial charge is 0.399 e. The van der Waals surface area contributed by atoms with Gasteiger partial charge in [0, 0.05) is 36.1 Å². The summed E-state index contributed by atoms with van der Waals surface area (Å²) in [5, 5.41) is 15.9. The number of nitrogen functional groups attached to an aromatic ring is 1. The van der Waals surface area contributed by atoms with Crippen LogP contribution in [-0.2, 0) is 4.79 Å². The number of carbonyl (C=O) groups is 1. The van der Waals surface area contributed by atoms with Crippen LogP contribution in [0.2, 0.25) is 0 Å². The summed E-state index contributed by atoms with van der Waals surface area (Å²) in [6.07, 6.45) is 16.3. The smallest absolute Gasteiger partial charge is 0.211 e. The Balaban J connectivity index is 1.09. The lowest BCUT2D eigenvalue weighted by Crippen LogP contribution is -2.61. The molecule has 5 rings (SSSR count). The quantitative estimate of drug-likeness (QED) is 0.0776. The van der Waals surface area contributed by atoms with Crippen molar-refractivity contribution in [2.45, 2.75) is 75.4 Å². The number of nitrogens with zero attached hydrogens (tertiary/aromatic N) is 3. The molecule has 1 saturated heterocycles. The summed E-state index contributed by atoms with van der Waals surface area (Å²) in [5.41, 5.74) is 9.07. The van der Waals surface area contributed by atoms with Crippen LogP contribution in [-0.4, -0.2) is 73.2 Å². The van der Waals surface area contributed by atoms with Crippen LogP contribution < -0.4 is 16.4 Å². The number of benzene rings is 2. The van der Waals surface area contributed by atoms with Crippen molar-refractivity contribution >= 4 is 30.6 Å². The third kappa shape index (κ3) is 9.12. The van der Waals surface area contributed by atoms with Crippen molar-refractivity contribution in [1.29, 1.82) is 0 Å². The molecule has 3 fully saturated rings. The third-order valence-corrected chi connectivity index (χ3v) is 10.1. The Morgan fingerprint density at radius 2 is 1.92 bits per heavy atom. The van der Waals surface area contributed by atoms with Gasteiger partial charge in [-0.3, -0.25) is 14.8 Å². The maximum Gasteiger partial charge on any atom is 0.211 e. The highest BCUT2D eigenvalue weighted by atomic mass is 19.1. The summed E-state index contributed by atoms with van der Waals surface area (Å²) in [6, 6.07) is 13.3. The van der Waals surface area contributed by atoms with Crippen LogP contribution in [0.25, 0.3) is 6.08 Å². The number of halogens is 2. The molecular weight excluding hydrogens is 610 g/mol. The lowest BCUT2D eigenvalue weighted by atomic mass is 9.51. The van der Waals surface area contributed by atoms with E-state index in [4.69, 9.17) is 10.7 Å². The van der Waals surface area contributed by atoms with Crippen molar-refractivity contribution in [1.82, 2.24) is 15.5 Å². The number of carbonyl (C=O) groups excluding carboxylic acids is 1. The van der Waals surface area contributed by atoms with Crippen LogP contribution >= 0.6 is 0 Å². The molecule has 1 aliphatic heterocycles. The minimum absolute atomic E-state index is 0.0451. The Bertz CT molecular complexity index is 1520. The molecule has 1 spiro atoms. The molecule has 10 heteroatoms. The van der Waals surface area contributed by atoms with Crippen molar-refractivity contribution in [3.8, 4) is 0 Å². The molecule has 2 aliphatic carbocycles. The second kappa shape index (κ2) is 16.9. The van der Waals surface area contributed by atoms with Crippen molar-refractivity contribution in [3.05, 3.63) is 95.4 Å². The molecule has 1 atom stereocenters. The monoisotopic (exact) mass is 658 g/mol. The molecule has 5 N–H and O–H groups in total. The minimum atomic E-state index is -0.584. The molecule has 0 bridgehead atoms. The predicted molar refractivity (Wildman–Crippen MR) is 190 cm³/mol. The molecule has 2 saturated carbocycles. The number of anilines is 1. The fourth-order valence-corrected chi connectivity index (χ4v) is 7.69. The minimum Gasteiger partial charge on any atom is -0.399 e. The first-order valence-corrected chi connectivity index (χ1v) is 17.0. The molecule has 1 unspecified atom stereocenters. The first-order chi connectivity index (χ1) is 23.3. The van der Waals surface area contributed by atoms with Gasteiger partial charge in [-0.05, 0) is 124 Å². The van der Waals surface area contributed by atoms with Gasteiger partial charge in [0.05, 0.1) is 12.2 Å². The van der Waals surface area contributed by atoms with E-state index in [1.54, 1.807) is 24.3 Å². The fourth-order valence-electron chi connectivity index (χ4n) is 7.69. The standard InChI is InChI=1S/C38H48F2N6O2/c1-42-25-36(40)37(29-7-4-6-27(19-29)5-2-3-14-43-26-48)45-31(13-18-47)10-15-44-32-21-38(22-32)23-33(24-38)46-16-11-28(12-17-46)34-9-8-30(41)20-35(34)39/h2-9,14,19-20,25-26,28,31-33,44,47H,1,10-13,15-18,21-24,41H2,(H,43,48)/b5-2-,14-3-,36-25+,45-37?. The van der Waals surface area contributed by atoms with Gasteiger partial charge in [-0.1, -0.05) is 36.4 Å². The Morgan fingerprint density at radius 1 is 1.12 bits per heavy atom. The molecule has 48 heavy (non-hydrogen) atoms. The SMILES string of the molecule is C=N/C=C(/F)C(=NC(CCO)CCNC1CC2(C1)CC(N1CCC(c3ccc(N)cc3F)CC1)C2)c1cccc(/C=C\C=C/NC=O)c1. The van der Waals surface area contributed by atoms with Gasteiger partial charge in [-0.25, -0.2) is 8.78 Å². The molecule has 0 aromatic heterocycles. The third-order valence-electron chi connectivity index (χ3n) is 10.1. The van der Waals surface area contributed by atoms with Gasteiger partial charge in [0.15, 0.2) is 5.83 Å². The fraction of sp³-hybridized carbons (Fsp3) is 0.447. The van der Waals surface area contributed by atoms with Crippen LogP contribution in [0.15, 0.2) is 82.8 Å². The highest BCUT2D eigenvalue weighted by Gasteiger charge is 2.54. The van der Waals surface area contributed by atoms with Crippen molar-refractivity contribution in [2.24, 2.45) is 15.4 Å². The second-order valence-electron chi connectivity index (χ2n) is 13.4. The summed E-state index contributed by atoms with van der Waals surface area (Å²) in [5.74, 6) is -0.496. The second-order valence-corrected chi connectivity index (χ2v) is 13.4. The van der Waals surface area contributed by atoms with Crippen LogP contribution in [0.5, 0.6) is 0 Å². The van der Waals surface area contributed by atoms with Crippen molar-refractivity contribution in [2.75, 3.05) is 32.0 Å². The average molecular weight is 659 g/mol. The number of hydrogen-bond acceptors (Lipinski definition) is 7. The van der Waals surface area contributed by atoms with Gasteiger partial charge in [-0.15, -0.1) is 0 Å². The van der Waals surface area contributed by atoms with E-state index < -0.39 is 5.83 Å². The number of amides is 1. The van der Waals surface area contributed by atoms with E-state index in [1.807, 2.05) is 30.3 Å². The number of likely N-dealkylation sites (tertiary alicyclic amines) is 1. The molecule has 2 aromatic carbocycles. The van der Waals surface area contributed by atoms with Gasteiger partial charge in [0.25, 0.3) is 0 Å². The number of aliphatic imine (C=N–C) groups is 2. The van der Waals surface area contributed by atoms with E-state index in [0.717, 1.165) is 49.8 Å². The highest BCUT2D eigenvalue weighted by molar-refractivity contribution is 6.11. The molecule has 1 heterocycles. The lowest BCUT2D eigenvalue weighted by Gasteiger charge is -2.61. The first kappa shape index (κ1) is 35.3. The maximum absolute atomic E-state index is 15.2. The van der Waals surface area contributed by atoms with E-state index in [-0.39, 0.29) is 30.1 Å². The Labute approximate surface area is 282 Å². The first-order valence-electron chi connectivity index (χ1n) is 17.0. The molecule has 8 nitrogen and oxygen atoms in total. The summed E-state index contributed by atoms with van der Waals surface area (Å²) in [4.78, 5) is 21.4. The van der Waals surface area contributed by atoms with Crippen LogP contribution in [0.1, 0.15) is 74.0 Å². The highest BCUT2D eigenvalue weighted by Crippen LogP contribution is 2.57. The number of aliphatic hydroxyl groups excluding tert-OH is 1. The molecule has 3 aliphatic rings. The van der Waals surface area contributed by atoms with Crippen LogP contribution in [0, 0.1) is 11.2 Å². The van der Waals surface area contributed by atoms with Gasteiger partial charge in [0.1, 0.15) is 11.5 Å². The van der Waals surface area contributed by atoms with Crippen molar-refractivity contribution in [3.63, 3.8) is 0 Å². The summed E-state index contributed by atoms with van der Waals surface area (Å²) < 4.78 is 29.7. The number of allylic oxidation sites excluding steroid dienone is 3. The number of aliphatic hydroxyl groups is 1. The van der Waals surface area contributed by atoms with Gasteiger partial charge in [0.2, 0.25) is 6.41 Å². The van der Waals surface area contributed by atoms with Crippen LogP contribution in [0.4, 0.5) is 14.5 Å². The van der Waals surface area contributed by atoms with E-state index in [9.17, 15) is 14.3 Å². The molecule has 0 radical (unpaired) electrons. The van der Waals surface area contributed by atoms with E-state index in [1.165, 1.54) is 37.9 Å². The average Bonchev–Trinajstić information content (AvgIpc) is 3.04. The lowest BCUT2D eigenvalue weighted by molar-refractivity contribution is -0.108. The zero-order valence-corrected chi connectivity index (χ0v) is 27.5. The molecular formula is C38H48F2N6O2. The maximum atomic E-state index is 15.2. The van der Waals surface area contributed by atoms with Crippen LogP contribution in [0.3, 0.4) is 0 Å². The number of hydrogen-bond donors (Lipinski definition) is 4. The Kier molecular flexibility index (Phi) is 12.4. The Hall–Kier alpha value is -3.99. The summed E-state index contributed by atoms with van der Waals surface area (Å²) in [6.45, 7) is 6.11. The molecule has 2 aromatic rings. The Morgan fingerprint density at radius 3 is 2.62 bits per heavy atom. The van der Waals surface area contributed by atoms with Crippen molar-refractivity contribution < 1.29 is 18.7 Å². The van der Waals surface area contributed by atoms with E-state index in [0.29, 0.717) is 48.0 Å². The number of piperidine rings is 1. The predicted octanol–water partition coefficient (Wildman–Crippen LogP) is 5.90. The number of nitrogens with two attached hydrogens (primary N) is 1. The van der Waals surface area contributed by atoms with Gasteiger partial charge in [-0.2, -0.15) is 0 Å². The zero-order chi connectivity index (χ0) is 33.9. The molecule has 256 valence electrons. The molecule has 1 amide bonds. The van der Waals surface area contributed by atoms with E-state index >= 15 is 4.39 Å². The summed E-state index contributed by atoms with van der Waals surface area (Å²) in [7, 11) is 0. The number of nitrogens with one attached hydrogen (secondary N) is 2.